The second-order valence-corrected chi connectivity index (χ2v) is 6.62. The molecule has 2 heterocycles. The third-order valence-corrected chi connectivity index (χ3v) is 4.93. The smallest absolute Gasteiger partial charge is 0.326 e. The van der Waals surface area contributed by atoms with Gasteiger partial charge in [0.2, 0.25) is 0 Å². The van der Waals surface area contributed by atoms with Gasteiger partial charge in [-0.05, 0) is 23.8 Å². The molecule has 28 heavy (non-hydrogen) atoms. The monoisotopic (exact) mass is 397 g/mol. The Hall–Kier alpha value is -3.17. The van der Waals surface area contributed by atoms with Crippen molar-refractivity contribution in [1.29, 1.82) is 0 Å². The number of hydrogen-bond acceptors (Lipinski definition) is 7. The minimum atomic E-state index is -0.196. The predicted octanol–water partition coefficient (Wildman–Crippen LogP) is 2.88. The maximum atomic E-state index is 12.6. The Morgan fingerprint density at radius 3 is 2.57 bits per heavy atom. The molecule has 0 spiro atoms. The van der Waals surface area contributed by atoms with Crippen LogP contribution in [0.15, 0.2) is 47.4 Å². The van der Waals surface area contributed by atoms with Crippen molar-refractivity contribution in [2.45, 2.75) is 6.54 Å². The van der Waals surface area contributed by atoms with Crippen molar-refractivity contribution in [2.24, 2.45) is 5.14 Å². The summed E-state index contributed by atoms with van der Waals surface area (Å²) in [6.07, 6.45) is 1.66. The van der Waals surface area contributed by atoms with E-state index in [4.69, 9.17) is 14.6 Å². The summed E-state index contributed by atoms with van der Waals surface area (Å²) in [5.41, 5.74) is 3.85. The lowest BCUT2D eigenvalue weighted by Crippen LogP contribution is -2.17. The van der Waals surface area contributed by atoms with Crippen molar-refractivity contribution in [3.63, 3.8) is 0 Å². The maximum Gasteiger partial charge on any atom is 0.326 e. The Balaban J connectivity index is 1.86. The Kier molecular flexibility index (Phi) is 4.84. The number of aromatic nitrogens is 3. The number of nitrogens with zero attached hydrogens (tertiary/aromatic N) is 2. The quantitative estimate of drug-likeness (QED) is 0.429. The summed E-state index contributed by atoms with van der Waals surface area (Å²) in [7, 11) is 3.16. The molecule has 2 aromatic carbocycles. The Bertz CT molecular complexity index is 1200. The van der Waals surface area contributed by atoms with Gasteiger partial charge in [0.05, 0.1) is 43.5 Å². The molecule has 8 nitrogen and oxygen atoms in total. The van der Waals surface area contributed by atoms with Crippen LogP contribution in [-0.2, 0) is 6.54 Å². The molecule has 9 heteroatoms. The predicted molar refractivity (Wildman–Crippen MR) is 112 cm³/mol. The van der Waals surface area contributed by atoms with Gasteiger partial charge in [0.1, 0.15) is 0 Å². The number of imidazole rings is 1. The summed E-state index contributed by atoms with van der Waals surface area (Å²) in [6, 6.07) is 11.4. The standard InChI is InChI=1S/C19H19N5O3S/c1-26-16-7-13-14(8-17(16)27-2)21-9-15-18(13)24(19(25)22-15)10-11-3-5-12(6-4-11)23-28-20/h3-9,23H,10,20H2,1-2H3,(H,22,25). The molecule has 0 atom stereocenters. The van der Waals surface area contributed by atoms with E-state index in [-0.39, 0.29) is 5.69 Å². The van der Waals surface area contributed by atoms with Crippen molar-refractivity contribution in [3.8, 4) is 11.5 Å². The number of nitrogens with one attached hydrogen (secondary N) is 2. The highest BCUT2D eigenvalue weighted by Gasteiger charge is 2.15. The molecule has 0 aliphatic heterocycles. The molecule has 0 amide bonds. The van der Waals surface area contributed by atoms with Crippen molar-refractivity contribution < 1.29 is 9.47 Å². The fourth-order valence-corrected chi connectivity index (χ4v) is 3.52. The van der Waals surface area contributed by atoms with E-state index < -0.39 is 0 Å². The third kappa shape index (κ3) is 3.14. The second-order valence-electron chi connectivity index (χ2n) is 6.18. The summed E-state index contributed by atoms with van der Waals surface area (Å²) < 4.78 is 15.5. The Morgan fingerprint density at radius 2 is 1.89 bits per heavy atom. The average molecular weight is 397 g/mol. The SMILES string of the molecule is COc1cc2ncc3[nH]c(=O)n(Cc4ccc(NSN)cc4)c3c2cc1OC. The fourth-order valence-electron chi connectivity index (χ4n) is 3.25. The number of fused-ring (bicyclic) bond motifs is 3. The lowest BCUT2D eigenvalue weighted by atomic mass is 10.1. The molecular weight excluding hydrogens is 378 g/mol. The van der Waals surface area contributed by atoms with Crippen LogP contribution in [0, 0.1) is 0 Å². The first kappa shape index (κ1) is 18.2. The summed E-state index contributed by atoms with van der Waals surface area (Å²) in [6.45, 7) is 0.419. The number of hydrogen-bond donors (Lipinski definition) is 3. The summed E-state index contributed by atoms with van der Waals surface area (Å²) in [5, 5.41) is 6.23. The van der Waals surface area contributed by atoms with Crippen LogP contribution in [0.5, 0.6) is 11.5 Å². The number of benzene rings is 2. The van der Waals surface area contributed by atoms with Gasteiger partial charge in [0, 0.05) is 29.3 Å². The van der Waals surface area contributed by atoms with Crippen molar-refractivity contribution >= 4 is 39.8 Å². The van der Waals surface area contributed by atoms with Crippen molar-refractivity contribution in [3.05, 3.63) is 58.6 Å². The van der Waals surface area contributed by atoms with E-state index in [9.17, 15) is 4.79 Å². The van der Waals surface area contributed by atoms with Crippen LogP contribution in [0.25, 0.3) is 21.9 Å². The first-order valence-corrected chi connectivity index (χ1v) is 9.36. The molecule has 0 aliphatic carbocycles. The third-order valence-electron chi connectivity index (χ3n) is 4.57. The normalized spacial score (nSPS) is 11.1. The number of methoxy groups -OCH3 is 2. The van der Waals surface area contributed by atoms with E-state index in [0.717, 1.165) is 39.8 Å². The van der Waals surface area contributed by atoms with Gasteiger partial charge in [0.25, 0.3) is 0 Å². The van der Waals surface area contributed by atoms with Crippen LogP contribution in [0.3, 0.4) is 0 Å². The first-order valence-electron chi connectivity index (χ1n) is 8.48. The van der Waals surface area contributed by atoms with E-state index in [1.165, 1.54) is 0 Å². The molecule has 0 bridgehead atoms. The molecule has 0 unspecified atom stereocenters. The number of ether oxygens (including phenoxy) is 2. The van der Waals surface area contributed by atoms with Gasteiger partial charge < -0.3 is 19.2 Å². The van der Waals surface area contributed by atoms with Crippen LogP contribution >= 0.6 is 12.1 Å². The summed E-state index contributed by atoms with van der Waals surface area (Å²) in [5.74, 6) is 1.17. The largest absolute Gasteiger partial charge is 0.493 e. The van der Waals surface area contributed by atoms with E-state index >= 15 is 0 Å². The molecule has 144 valence electrons. The highest BCUT2D eigenvalue weighted by atomic mass is 32.2. The molecule has 4 N–H and O–H groups in total. The molecule has 0 saturated carbocycles. The molecule has 2 aromatic heterocycles. The summed E-state index contributed by atoms with van der Waals surface area (Å²) >= 11 is 1.04. The summed E-state index contributed by atoms with van der Waals surface area (Å²) in [4.78, 5) is 19.9. The minimum absolute atomic E-state index is 0.196. The van der Waals surface area contributed by atoms with E-state index in [0.29, 0.717) is 23.6 Å². The van der Waals surface area contributed by atoms with Crippen LogP contribution in [0.4, 0.5) is 5.69 Å². The lowest BCUT2D eigenvalue weighted by Gasteiger charge is -2.11. The zero-order valence-corrected chi connectivity index (χ0v) is 16.2. The Morgan fingerprint density at radius 1 is 1.18 bits per heavy atom. The molecule has 4 rings (SSSR count). The second kappa shape index (κ2) is 7.45. The van der Waals surface area contributed by atoms with Crippen LogP contribution < -0.4 is 25.0 Å². The number of H-pyrrole nitrogens is 1. The van der Waals surface area contributed by atoms with Crippen LogP contribution in [0.1, 0.15) is 5.56 Å². The number of nitrogens with two attached hydrogens (primary N) is 1. The number of rotatable bonds is 6. The van der Waals surface area contributed by atoms with Crippen molar-refractivity contribution in [1.82, 2.24) is 14.5 Å². The Labute approximate surface area is 164 Å². The molecule has 0 fully saturated rings. The van der Waals surface area contributed by atoms with Crippen LogP contribution in [0.2, 0.25) is 0 Å². The van der Waals surface area contributed by atoms with Gasteiger partial charge in [-0.15, -0.1) is 0 Å². The van der Waals surface area contributed by atoms with Gasteiger partial charge in [-0.2, -0.15) is 0 Å². The molecular formula is C19H19N5O3S. The van der Waals surface area contributed by atoms with Gasteiger partial charge >= 0.3 is 5.69 Å². The fraction of sp³-hybridized carbons (Fsp3) is 0.158. The molecule has 4 aromatic rings. The zero-order valence-electron chi connectivity index (χ0n) is 15.4. The first-order chi connectivity index (χ1) is 13.6. The number of pyridine rings is 1. The van der Waals surface area contributed by atoms with E-state index in [2.05, 4.69) is 14.7 Å². The highest BCUT2D eigenvalue weighted by molar-refractivity contribution is 7.98. The number of aromatic amines is 1. The van der Waals surface area contributed by atoms with Gasteiger partial charge in [-0.3, -0.25) is 14.7 Å². The maximum absolute atomic E-state index is 12.6. The molecule has 0 aliphatic rings. The van der Waals surface area contributed by atoms with Gasteiger partial charge in [-0.1, -0.05) is 12.1 Å². The van der Waals surface area contributed by atoms with E-state index in [1.807, 2.05) is 30.3 Å². The van der Waals surface area contributed by atoms with E-state index in [1.54, 1.807) is 31.0 Å². The molecule has 0 saturated heterocycles. The van der Waals surface area contributed by atoms with Crippen molar-refractivity contribution in [2.75, 3.05) is 18.9 Å². The molecule has 0 radical (unpaired) electrons. The zero-order chi connectivity index (χ0) is 19.7. The van der Waals surface area contributed by atoms with Gasteiger partial charge in [0.15, 0.2) is 11.5 Å². The van der Waals surface area contributed by atoms with Gasteiger partial charge in [-0.25, -0.2) is 4.79 Å². The minimum Gasteiger partial charge on any atom is -0.493 e. The topological polar surface area (TPSA) is 107 Å². The lowest BCUT2D eigenvalue weighted by molar-refractivity contribution is 0.356. The highest BCUT2D eigenvalue weighted by Crippen LogP contribution is 2.34. The number of anilines is 1. The average Bonchev–Trinajstić information content (AvgIpc) is 3.04. The van der Waals surface area contributed by atoms with Crippen LogP contribution in [-0.4, -0.2) is 28.8 Å².